The third kappa shape index (κ3) is 2.72. The van der Waals surface area contributed by atoms with Gasteiger partial charge in [-0.25, -0.2) is 4.90 Å². The van der Waals surface area contributed by atoms with E-state index in [1.165, 1.54) is 0 Å². The van der Waals surface area contributed by atoms with E-state index in [4.69, 9.17) is 4.74 Å². The Hall–Kier alpha value is -4.00. The number of imide groups is 1. The fourth-order valence-electron chi connectivity index (χ4n) is 6.32. The fourth-order valence-corrected chi connectivity index (χ4v) is 6.32. The lowest BCUT2D eigenvalue weighted by Crippen LogP contribution is -2.57. The Bertz CT molecular complexity index is 1320. The van der Waals surface area contributed by atoms with Gasteiger partial charge >= 0.3 is 0 Å². The first-order valence-corrected chi connectivity index (χ1v) is 12.0. The summed E-state index contributed by atoms with van der Waals surface area (Å²) in [7, 11) is 0. The number of nitro groups is 1. The molecular weight excluding hydrogens is 444 g/mol. The third-order valence-electron chi connectivity index (χ3n) is 7.72. The van der Waals surface area contributed by atoms with E-state index in [0.717, 1.165) is 28.9 Å². The molecule has 1 fully saturated rings. The summed E-state index contributed by atoms with van der Waals surface area (Å²) in [6, 6.07) is 21.2. The molecule has 3 aromatic carbocycles. The summed E-state index contributed by atoms with van der Waals surface area (Å²) in [5, 5.41) is 13.0. The number of carbonyl (C=O) groups excluding carboxylic acids is 2. The van der Waals surface area contributed by atoms with Crippen LogP contribution in [0.25, 0.3) is 0 Å². The van der Waals surface area contributed by atoms with Gasteiger partial charge in [-0.2, -0.15) is 0 Å². The predicted molar refractivity (Wildman–Crippen MR) is 129 cm³/mol. The number of hydrogen-bond acceptors (Lipinski definition) is 5. The van der Waals surface area contributed by atoms with E-state index in [0.29, 0.717) is 29.2 Å². The summed E-state index contributed by atoms with van der Waals surface area (Å²) in [5.74, 6) is -2.61. The second-order valence-electron chi connectivity index (χ2n) is 9.39. The fraction of sp³-hybridized carbons (Fsp3) is 0.286. The molecule has 2 bridgehead atoms. The Morgan fingerprint density at radius 2 is 1.51 bits per heavy atom. The minimum absolute atomic E-state index is 0.350. The van der Waals surface area contributed by atoms with Crippen LogP contribution in [0.2, 0.25) is 0 Å². The van der Waals surface area contributed by atoms with Crippen LogP contribution in [0.4, 0.5) is 5.69 Å². The SMILES string of the molecule is CCCCOc1ccc(N2C(=O)[C@@H]3[C@@H](C2=O)C2c4ccccc4C3([N+](=O)[O-])c3ccccc32)cc1. The number of amides is 2. The smallest absolute Gasteiger partial charge is 0.285 e. The Labute approximate surface area is 202 Å². The zero-order valence-corrected chi connectivity index (χ0v) is 19.2. The van der Waals surface area contributed by atoms with E-state index in [1.807, 2.05) is 24.3 Å². The summed E-state index contributed by atoms with van der Waals surface area (Å²) >= 11 is 0. The quantitative estimate of drug-likeness (QED) is 0.227. The molecule has 2 amide bonds. The second kappa shape index (κ2) is 7.77. The van der Waals surface area contributed by atoms with Crippen molar-refractivity contribution < 1.29 is 19.2 Å². The molecule has 7 rings (SSSR count). The first-order chi connectivity index (χ1) is 17.0. The number of benzene rings is 3. The maximum absolute atomic E-state index is 13.9. The minimum Gasteiger partial charge on any atom is -0.494 e. The van der Waals surface area contributed by atoms with Crippen LogP contribution in [0.15, 0.2) is 72.8 Å². The highest BCUT2D eigenvalue weighted by Crippen LogP contribution is 2.64. The summed E-state index contributed by atoms with van der Waals surface area (Å²) in [6.45, 7) is 2.67. The van der Waals surface area contributed by atoms with Gasteiger partial charge in [-0.05, 0) is 41.8 Å². The number of rotatable bonds is 6. The first kappa shape index (κ1) is 21.5. The van der Waals surface area contributed by atoms with Gasteiger partial charge in [-0.1, -0.05) is 61.9 Å². The van der Waals surface area contributed by atoms with Gasteiger partial charge in [0.25, 0.3) is 5.54 Å². The van der Waals surface area contributed by atoms with Crippen LogP contribution >= 0.6 is 0 Å². The average molecular weight is 469 g/mol. The van der Waals surface area contributed by atoms with Crippen molar-refractivity contribution in [3.63, 3.8) is 0 Å². The maximum atomic E-state index is 13.9. The molecule has 1 aliphatic heterocycles. The molecule has 3 aromatic rings. The van der Waals surface area contributed by atoms with Crippen LogP contribution < -0.4 is 9.64 Å². The molecular formula is C28H24N2O5. The van der Waals surface area contributed by atoms with Crippen molar-refractivity contribution in [3.05, 3.63) is 105 Å². The van der Waals surface area contributed by atoms with Gasteiger partial charge in [0.1, 0.15) is 11.7 Å². The van der Waals surface area contributed by atoms with Crippen LogP contribution in [0.5, 0.6) is 5.75 Å². The van der Waals surface area contributed by atoms with E-state index in [1.54, 1.807) is 48.5 Å². The lowest BCUT2D eigenvalue weighted by atomic mass is 9.51. The molecule has 0 aromatic heterocycles. The average Bonchev–Trinajstić information content (AvgIpc) is 3.15. The molecule has 0 radical (unpaired) electrons. The number of ether oxygens (including phenoxy) is 1. The highest BCUT2D eigenvalue weighted by molar-refractivity contribution is 6.23. The Balaban J connectivity index is 1.49. The van der Waals surface area contributed by atoms with Crippen molar-refractivity contribution in [1.82, 2.24) is 0 Å². The first-order valence-electron chi connectivity index (χ1n) is 12.0. The molecule has 0 saturated carbocycles. The molecule has 3 aliphatic carbocycles. The normalized spacial score (nSPS) is 25.7. The van der Waals surface area contributed by atoms with Gasteiger partial charge < -0.3 is 4.74 Å². The van der Waals surface area contributed by atoms with Crippen molar-refractivity contribution in [1.29, 1.82) is 0 Å². The van der Waals surface area contributed by atoms with E-state index < -0.39 is 29.2 Å². The topological polar surface area (TPSA) is 89.8 Å². The zero-order chi connectivity index (χ0) is 24.3. The molecule has 0 unspecified atom stereocenters. The van der Waals surface area contributed by atoms with Crippen LogP contribution in [-0.2, 0) is 15.1 Å². The third-order valence-corrected chi connectivity index (χ3v) is 7.72. The molecule has 2 atom stereocenters. The van der Waals surface area contributed by atoms with Crippen molar-refractivity contribution >= 4 is 17.5 Å². The molecule has 35 heavy (non-hydrogen) atoms. The number of anilines is 1. The molecule has 176 valence electrons. The van der Waals surface area contributed by atoms with Crippen LogP contribution in [-0.4, -0.2) is 23.3 Å². The lowest BCUT2D eigenvalue weighted by Gasteiger charge is -2.48. The van der Waals surface area contributed by atoms with Gasteiger partial charge in [-0.15, -0.1) is 0 Å². The number of hydrogen-bond donors (Lipinski definition) is 0. The Morgan fingerprint density at radius 3 is 2.09 bits per heavy atom. The van der Waals surface area contributed by atoms with E-state index in [2.05, 4.69) is 6.92 Å². The minimum atomic E-state index is -1.81. The zero-order valence-electron chi connectivity index (χ0n) is 19.2. The molecule has 4 aliphatic rings. The lowest BCUT2D eigenvalue weighted by molar-refractivity contribution is -0.578. The predicted octanol–water partition coefficient (Wildman–Crippen LogP) is 4.65. The Kier molecular flexibility index (Phi) is 4.78. The highest BCUT2D eigenvalue weighted by Gasteiger charge is 2.74. The molecule has 1 saturated heterocycles. The second-order valence-corrected chi connectivity index (χ2v) is 9.39. The molecule has 7 nitrogen and oxygen atoms in total. The van der Waals surface area contributed by atoms with Gasteiger partial charge in [0.05, 0.1) is 18.2 Å². The van der Waals surface area contributed by atoms with Crippen molar-refractivity contribution in [2.75, 3.05) is 11.5 Å². The van der Waals surface area contributed by atoms with Gasteiger partial charge in [0, 0.05) is 22.0 Å². The highest BCUT2D eigenvalue weighted by atomic mass is 16.6. The van der Waals surface area contributed by atoms with E-state index in [-0.39, 0.29) is 10.8 Å². The molecule has 0 N–H and O–H groups in total. The van der Waals surface area contributed by atoms with Crippen LogP contribution in [0, 0.1) is 22.0 Å². The number of nitrogens with zero attached hydrogens (tertiary/aromatic N) is 2. The van der Waals surface area contributed by atoms with Crippen molar-refractivity contribution in [2.45, 2.75) is 31.2 Å². The molecule has 0 spiro atoms. The largest absolute Gasteiger partial charge is 0.494 e. The maximum Gasteiger partial charge on any atom is 0.285 e. The van der Waals surface area contributed by atoms with Crippen LogP contribution in [0.1, 0.15) is 47.9 Å². The standard InChI is InChI=1S/C28H24N2O5/c1-2-3-16-35-18-14-12-17(13-15-18)29-26(31)24-23-19-8-4-6-10-21(19)28(30(33)34,25(24)27(29)32)22-11-7-5-9-20(22)23/h4-15,23-25H,2-3,16H2,1H3/t23?,24-,25-,28?/m0/s1. The van der Waals surface area contributed by atoms with Crippen LogP contribution in [0.3, 0.4) is 0 Å². The van der Waals surface area contributed by atoms with Gasteiger partial charge in [0.15, 0.2) is 0 Å². The van der Waals surface area contributed by atoms with Crippen molar-refractivity contribution in [3.8, 4) is 5.75 Å². The Morgan fingerprint density at radius 1 is 0.914 bits per heavy atom. The summed E-state index contributed by atoms with van der Waals surface area (Å²) in [4.78, 5) is 41.6. The molecule has 7 heteroatoms. The van der Waals surface area contributed by atoms with Gasteiger partial charge in [-0.3, -0.25) is 19.7 Å². The van der Waals surface area contributed by atoms with E-state index >= 15 is 0 Å². The number of unbranched alkanes of at least 4 members (excludes halogenated alkanes) is 1. The number of carbonyl (C=O) groups is 2. The summed E-state index contributed by atoms with van der Waals surface area (Å²) < 4.78 is 5.71. The van der Waals surface area contributed by atoms with Gasteiger partial charge in [0.2, 0.25) is 11.8 Å². The van der Waals surface area contributed by atoms with E-state index in [9.17, 15) is 19.7 Å². The summed E-state index contributed by atoms with van der Waals surface area (Å²) in [5.41, 5.74) is 1.13. The molecule has 1 heterocycles. The monoisotopic (exact) mass is 468 g/mol. The summed E-state index contributed by atoms with van der Waals surface area (Å²) in [6.07, 6.45) is 1.95. The van der Waals surface area contributed by atoms with Crippen molar-refractivity contribution in [2.24, 2.45) is 11.8 Å².